The Morgan fingerprint density at radius 2 is 1.90 bits per heavy atom. The fourth-order valence-electron chi connectivity index (χ4n) is 1.97. The van der Waals surface area contributed by atoms with E-state index in [1.54, 1.807) is 18.2 Å². The Balaban J connectivity index is 2.03. The predicted octanol–water partition coefficient (Wildman–Crippen LogP) is 3.57. The topological polar surface area (TPSA) is 64.9 Å². The minimum atomic E-state index is -0.959. The molecule has 0 fully saturated rings. The molecule has 0 saturated heterocycles. The van der Waals surface area contributed by atoms with Gasteiger partial charge in [-0.05, 0) is 42.8 Å². The van der Waals surface area contributed by atoms with E-state index in [-0.39, 0.29) is 11.7 Å². The van der Waals surface area contributed by atoms with E-state index in [4.69, 9.17) is 10.3 Å². The van der Waals surface area contributed by atoms with Crippen molar-refractivity contribution in [3.63, 3.8) is 0 Å². The summed E-state index contributed by atoms with van der Waals surface area (Å²) in [5.41, 5.74) is 8.30. The highest BCUT2D eigenvalue weighted by molar-refractivity contribution is 5.68. The molecule has 21 heavy (non-hydrogen) atoms. The number of benzene rings is 2. The Labute approximate surface area is 119 Å². The van der Waals surface area contributed by atoms with Crippen molar-refractivity contribution in [1.82, 2.24) is 10.1 Å². The average Bonchev–Trinajstić information content (AvgIpc) is 2.94. The largest absolute Gasteiger partial charge is 0.398 e. The normalized spacial score (nSPS) is 10.8. The van der Waals surface area contributed by atoms with Crippen molar-refractivity contribution in [2.24, 2.45) is 0 Å². The maximum absolute atomic E-state index is 13.2. The van der Waals surface area contributed by atoms with Crippen molar-refractivity contribution in [3.8, 4) is 22.8 Å². The number of nitrogen functional groups attached to an aromatic ring is 1. The summed E-state index contributed by atoms with van der Waals surface area (Å²) < 4.78 is 31.3. The highest BCUT2D eigenvalue weighted by atomic mass is 19.2. The second-order valence-corrected chi connectivity index (χ2v) is 4.57. The Morgan fingerprint density at radius 1 is 1.10 bits per heavy atom. The summed E-state index contributed by atoms with van der Waals surface area (Å²) in [6.07, 6.45) is 0. The molecule has 0 aliphatic heterocycles. The van der Waals surface area contributed by atoms with Crippen LogP contribution >= 0.6 is 0 Å². The zero-order chi connectivity index (χ0) is 15.0. The smallest absolute Gasteiger partial charge is 0.258 e. The lowest BCUT2D eigenvalue weighted by atomic mass is 10.1. The lowest BCUT2D eigenvalue weighted by molar-refractivity contribution is 0.432. The number of hydrogen-bond donors (Lipinski definition) is 1. The first-order valence-electron chi connectivity index (χ1n) is 6.21. The quantitative estimate of drug-likeness (QED) is 0.732. The van der Waals surface area contributed by atoms with E-state index in [1.165, 1.54) is 6.07 Å². The highest BCUT2D eigenvalue weighted by Gasteiger charge is 2.14. The summed E-state index contributed by atoms with van der Waals surface area (Å²) in [6.45, 7) is 1.84. The van der Waals surface area contributed by atoms with Crippen molar-refractivity contribution in [2.45, 2.75) is 6.92 Å². The van der Waals surface area contributed by atoms with Crippen LogP contribution in [0.25, 0.3) is 22.8 Å². The summed E-state index contributed by atoms with van der Waals surface area (Å²) in [5, 5.41) is 3.79. The van der Waals surface area contributed by atoms with Crippen LogP contribution in [-0.4, -0.2) is 10.1 Å². The molecule has 1 aromatic heterocycles. The monoisotopic (exact) mass is 287 g/mol. The van der Waals surface area contributed by atoms with Gasteiger partial charge < -0.3 is 10.3 Å². The minimum Gasteiger partial charge on any atom is -0.398 e. The zero-order valence-electron chi connectivity index (χ0n) is 11.1. The molecule has 0 amide bonds. The first-order valence-corrected chi connectivity index (χ1v) is 6.21. The fourth-order valence-corrected chi connectivity index (χ4v) is 1.97. The van der Waals surface area contributed by atoms with Crippen LogP contribution in [0.2, 0.25) is 0 Å². The lowest BCUT2D eigenvalue weighted by Crippen LogP contribution is -1.92. The molecule has 0 atom stereocenters. The average molecular weight is 287 g/mol. The van der Waals surface area contributed by atoms with Gasteiger partial charge in [-0.3, -0.25) is 0 Å². The molecule has 0 spiro atoms. The van der Waals surface area contributed by atoms with E-state index >= 15 is 0 Å². The van der Waals surface area contributed by atoms with Gasteiger partial charge in [-0.25, -0.2) is 8.78 Å². The lowest BCUT2D eigenvalue weighted by Gasteiger charge is -2.03. The summed E-state index contributed by atoms with van der Waals surface area (Å²) in [6, 6.07) is 8.78. The van der Waals surface area contributed by atoms with Crippen LogP contribution in [-0.2, 0) is 0 Å². The third-order valence-corrected chi connectivity index (χ3v) is 3.21. The SMILES string of the molecule is Cc1c(N)cccc1-c1nc(-c2ccc(F)c(F)c2)no1. The van der Waals surface area contributed by atoms with E-state index in [9.17, 15) is 8.78 Å². The zero-order valence-corrected chi connectivity index (χ0v) is 11.1. The van der Waals surface area contributed by atoms with Crippen molar-refractivity contribution in [1.29, 1.82) is 0 Å². The van der Waals surface area contributed by atoms with E-state index in [2.05, 4.69) is 10.1 Å². The van der Waals surface area contributed by atoms with E-state index in [0.717, 1.165) is 17.7 Å². The van der Waals surface area contributed by atoms with Gasteiger partial charge in [0.15, 0.2) is 11.6 Å². The van der Waals surface area contributed by atoms with Crippen LogP contribution < -0.4 is 5.73 Å². The van der Waals surface area contributed by atoms with Gasteiger partial charge in [-0.2, -0.15) is 4.98 Å². The Kier molecular flexibility index (Phi) is 3.13. The summed E-state index contributed by atoms with van der Waals surface area (Å²) in [4.78, 5) is 4.20. The first-order chi connectivity index (χ1) is 10.1. The molecule has 4 nitrogen and oxygen atoms in total. The molecular formula is C15H11F2N3O. The molecule has 3 aromatic rings. The standard InChI is InChI=1S/C15H11F2N3O/c1-8-10(3-2-4-13(8)18)15-19-14(20-21-15)9-5-6-11(16)12(17)7-9/h2-7H,18H2,1H3. The van der Waals surface area contributed by atoms with Gasteiger partial charge in [-0.15, -0.1) is 0 Å². The number of hydrogen-bond acceptors (Lipinski definition) is 4. The van der Waals surface area contributed by atoms with Crippen molar-refractivity contribution >= 4 is 5.69 Å². The third-order valence-electron chi connectivity index (χ3n) is 3.21. The minimum absolute atomic E-state index is 0.186. The van der Waals surface area contributed by atoms with Crippen molar-refractivity contribution in [2.75, 3.05) is 5.73 Å². The second-order valence-electron chi connectivity index (χ2n) is 4.57. The van der Waals surface area contributed by atoms with Crippen LogP contribution in [0, 0.1) is 18.6 Å². The number of halogens is 2. The van der Waals surface area contributed by atoms with Crippen LogP contribution in [0.1, 0.15) is 5.56 Å². The van der Waals surface area contributed by atoms with Crippen LogP contribution in [0.3, 0.4) is 0 Å². The van der Waals surface area contributed by atoms with Gasteiger partial charge >= 0.3 is 0 Å². The molecule has 2 N–H and O–H groups in total. The Hall–Kier alpha value is -2.76. The van der Waals surface area contributed by atoms with Crippen molar-refractivity contribution in [3.05, 3.63) is 53.6 Å². The van der Waals surface area contributed by atoms with E-state index in [0.29, 0.717) is 16.8 Å². The molecule has 0 aliphatic carbocycles. The van der Waals surface area contributed by atoms with Crippen LogP contribution in [0.4, 0.5) is 14.5 Å². The van der Waals surface area contributed by atoms with E-state index in [1.807, 2.05) is 6.92 Å². The number of aromatic nitrogens is 2. The summed E-state index contributed by atoms with van der Waals surface area (Å²) >= 11 is 0. The Bertz CT molecular complexity index is 814. The molecule has 6 heteroatoms. The van der Waals surface area contributed by atoms with Gasteiger partial charge in [0.1, 0.15) is 0 Å². The molecule has 0 saturated carbocycles. The van der Waals surface area contributed by atoms with Crippen LogP contribution in [0.5, 0.6) is 0 Å². The maximum Gasteiger partial charge on any atom is 0.258 e. The predicted molar refractivity (Wildman–Crippen MR) is 74.2 cm³/mol. The summed E-state index contributed by atoms with van der Waals surface area (Å²) in [5.74, 6) is -1.42. The molecular weight excluding hydrogens is 276 g/mol. The molecule has 106 valence electrons. The molecule has 2 aromatic carbocycles. The first kappa shape index (κ1) is 13.2. The fraction of sp³-hybridized carbons (Fsp3) is 0.0667. The Morgan fingerprint density at radius 3 is 2.67 bits per heavy atom. The molecule has 0 aliphatic rings. The second kappa shape index (κ2) is 4.97. The molecule has 1 heterocycles. The number of anilines is 1. The van der Waals surface area contributed by atoms with Gasteiger partial charge in [0.05, 0.1) is 0 Å². The number of nitrogens with zero attached hydrogens (tertiary/aromatic N) is 2. The molecule has 0 bridgehead atoms. The van der Waals surface area contributed by atoms with Crippen molar-refractivity contribution < 1.29 is 13.3 Å². The van der Waals surface area contributed by atoms with Gasteiger partial charge in [0.25, 0.3) is 5.89 Å². The van der Waals surface area contributed by atoms with Gasteiger partial charge in [0, 0.05) is 16.8 Å². The van der Waals surface area contributed by atoms with Crippen LogP contribution in [0.15, 0.2) is 40.9 Å². The third kappa shape index (κ3) is 2.35. The highest BCUT2D eigenvalue weighted by Crippen LogP contribution is 2.28. The van der Waals surface area contributed by atoms with E-state index < -0.39 is 11.6 Å². The molecule has 3 rings (SSSR count). The maximum atomic E-state index is 13.2. The summed E-state index contributed by atoms with van der Waals surface area (Å²) in [7, 11) is 0. The molecule has 0 unspecified atom stereocenters. The number of rotatable bonds is 2. The number of nitrogens with two attached hydrogens (primary N) is 1. The van der Waals surface area contributed by atoms with Gasteiger partial charge in [-0.1, -0.05) is 11.2 Å². The van der Waals surface area contributed by atoms with Gasteiger partial charge in [0.2, 0.25) is 5.82 Å². The molecule has 0 radical (unpaired) electrons.